The van der Waals surface area contributed by atoms with E-state index >= 15 is 0 Å². The van der Waals surface area contributed by atoms with E-state index in [1.807, 2.05) is 6.92 Å². The minimum atomic E-state index is -0.358. The van der Waals surface area contributed by atoms with Crippen LogP contribution in [-0.4, -0.2) is 25.4 Å². The van der Waals surface area contributed by atoms with Gasteiger partial charge < -0.3 is 14.8 Å². The molecule has 0 aromatic heterocycles. The number of hydrogen-bond donors (Lipinski definition) is 1. The van der Waals surface area contributed by atoms with Gasteiger partial charge in [-0.15, -0.1) is 11.8 Å². The molecule has 1 atom stereocenters. The van der Waals surface area contributed by atoms with E-state index in [1.54, 1.807) is 25.1 Å². The zero-order valence-corrected chi connectivity index (χ0v) is 16.6. The predicted molar refractivity (Wildman–Crippen MR) is 105 cm³/mol. The van der Waals surface area contributed by atoms with E-state index in [0.29, 0.717) is 33.5 Å². The number of rotatable bonds is 7. The Labute approximate surface area is 162 Å². The average molecular weight is 398 g/mol. The molecule has 0 aliphatic heterocycles. The van der Waals surface area contributed by atoms with Crippen LogP contribution in [0.2, 0.25) is 5.02 Å². The van der Waals surface area contributed by atoms with E-state index < -0.39 is 0 Å². The van der Waals surface area contributed by atoms with Crippen molar-refractivity contribution in [2.24, 2.45) is 0 Å². The lowest BCUT2D eigenvalue weighted by molar-refractivity contribution is -0.115. The van der Waals surface area contributed by atoms with Gasteiger partial charge in [0.15, 0.2) is 0 Å². The molecule has 0 saturated carbocycles. The molecule has 0 saturated heterocycles. The van der Waals surface area contributed by atoms with E-state index in [2.05, 4.69) is 5.32 Å². The SMILES string of the molecule is COc1ccc(F)cc1CSC(C)C(=O)Nc1cc(C)c(Cl)cc1OC. The Hall–Kier alpha value is -1.92. The fraction of sp³-hybridized carbons (Fsp3) is 0.316. The summed E-state index contributed by atoms with van der Waals surface area (Å²) in [5.74, 6) is 1.04. The number of thioether (sulfide) groups is 1. The smallest absolute Gasteiger partial charge is 0.237 e. The van der Waals surface area contributed by atoms with Gasteiger partial charge in [0, 0.05) is 22.4 Å². The minimum Gasteiger partial charge on any atom is -0.496 e. The number of hydrogen-bond acceptors (Lipinski definition) is 4. The molecule has 26 heavy (non-hydrogen) atoms. The second kappa shape index (κ2) is 9.14. The summed E-state index contributed by atoms with van der Waals surface area (Å²) in [5, 5.41) is 3.07. The number of benzene rings is 2. The third-order valence-corrected chi connectivity index (χ3v) is 5.44. The molecule has 0 heterocycles. The highest BCUT2D eigenvalue weighted by Crippen LogP contribution is 2.32. The number of nitrogens with one attached hydrogen (secondary N) is 1. The lowest BCUT2D eigenvalue weighted by atomic mass is 10.2. The summed E-state index contributed by atoms with van der Waals surface area (Å²) in [4.78, 5) is 12.5. The highest BCUT2D eigenvalue weighted by atomic mass is 35.5. The maximum atomic E-state index is 13.4. The Balaban J connectivity index is 2.05. The van der Waals surface area contributed by atoms with Crippen LogP contribution in [0, 0.1) is 12.7 Å². The zero-order chi connectivity index (χ0) is 19.3. The van der Waals surface area contributed by atoms with Crippen molar-refractivity contribution in [3.8, 4) is 11.5 Å². The van der Waals surface area contributed by atoms with Crippen LogP contribution >= 0.6 is 23.4 Å². The molecular formula is C19H21ClFNO3S. The lowest BCUT2D eigenvalue weighted by Gasteiger charge is -2.16. The molecule has 0 spiro atoms. The normalized spacial score (nSPS) is 11.8. The van der Waals surface area contributed by atoms with E-state index in [9.17, 15) is 9.18 Å². The standard InChI is InChI=1S/C19H21ClFNO3S/c1-11-7-16(18(25-4)9-15(11)20)22-19(23)12(2)26-10-13-8-14(21)5-6-17(13)24-3/h5-9,12H,10H2,1-4H3,(H,22,23). The van der Waals surface area contributed by atoms with Crippen LogP contribution in [0.25, 0.3) is 0 Å². The molecule has 0 aliphatic rings. The third-order valence-electron chi connectivity index (χ3n) is 3.84. The maximum Gasteiger partial charge on any atom is 0.237 e. The third kappa shape index (κ3) is 5.05. The minimum absolute atomic E-state index is 0.176. The molecule has 0 radical (unpaired) electrons. The molecule has 2 aromatic rings. The first kappa shape index (κ1) is 20.4. The number of carbonyl (C=O) groups is 1. The molecule has 1 N–H and O–H groups in total. The van der Waals surface area contributed by atoms with Gasteiger partial charge in [0.1, 0.15) is 17.3 Å². The summed E-state index contributed by atoms with van der Waals surface area (Å²) >= 11 is 7.47. The largest absolute Gasteiger partial charge is 0.496 e. The molecule has 0 fully saturated rings. The predicted octanol–water partition coefficient (Wildman–Crippen LogP) is 5.07. The summed E-state index contributed by atoms with van der Waals surface area (Å²) in [6.07, 6.45) is 0. The number of ether oxygens (including phenoxy) is 2. The van der Waals surface area contributed by atoms with Gasteiger partial charge in [-0.3, -0.25) is 4.79 Å². The number of carbonyl (C=O) groups excluding carboxylic acids is 1. The van der Waals surface area contributed by atoms with E-state index in [4.69, 9.17) is 21.1 Å². The van der Waals surface area contributed by atoms with Crippen molar-refractivity contribution in [1.29, 1.82) is 0 Å². The van der Waals surface area contributed by atoms with Crippen molar-refractivity contribution in [1.82, 2.24) is 0 Å². The van der Waals surface area contributed by atoms with Gasteiger partial charge in [-0.2, -0.15) is 0 Å². The molecule has 7 heteroatoms. The first-order valence-electron chi connectivity index (χ1n) is 7.94. The van der Waals surface area contributed by atoms with Crippen molar-refractivity contribution in [3.05, 3.63) is 52.3 Å². The Morgan fingerprint density at radius 2 is 1.92 bits per heavy atom. The molecule has 1 unspecified atom stereocenters. The number of halogens is 2. The average Bonchev–Trinajstić information content (AvgIpc) is 2.62. The van der Waals surface area contributed by atoms with Gasteiger partial charge in [-0.25, -0.2) is 4.39 Å². The van der Waals surface area contributed by atoms with Crippen LogP contribution in [-0.2, 0) is 10.5 Å². The summed E-state index contributed by atoms with van der Waals surface area (Å²) < 4.78 is 23.9. The van der Waals surface area contributed by atoms with Gasteiger partial charge in [0.05, 0.1) is 25.2 Å². The van der Waals surface area contributed by atoms with Crippen molar-refractivity contribution in [2.75, 3.05) is 19.5 Å². The maximum absolute atomic E-state index is 13.4. The molecule has 4 nitrogen and oxygen atoms in total. The first-order chi connectivity index (χ1) is 12.3. The van der Waals surface area contributed by atoms with Gasteiger partial charge in [-0.1, -0.05) is 11.6 Å². The Bertz CT molecular complexity index is 801. The first-order valence-corrected chi connectivity index (χ1v) is 9.37. The summed E-state index contributed by atoms with van der Waals surface area (Å²) in [6, 6.07) is 7.78. The van der Waals surface area contributed by atoms with Crippen molar-refractivity contribution in [3.63, 3.8) is 0 Å². The topological polar surface area (TPSA) is 47.6 Å². The summed E-state index contributed by atoms with van der Waals surface area (Å²) in [7, 11) is 3.05. The van der Waals surface area contributed by atoms with Crippen LogP contribution < -0.4 is 14.8 Å². The molecule has 140 valence electrons. The molecule has 0 bridgehead atoms. The second-order valence-electron chi connectivity index (χ2n) is 5.70. The van der Waals surface area contributed by atoms with Gasteiger partial charge in [0.2, 0.25) is 5.91 Å². The fourth-order valence-corrected chi connectivity index (χ4v) is 3.33. The zero-order valence-electron chi connectivity index (χ0n) is 15.1. The fourth-order valence-electron chi connectivity index (χ4n) is 2.31. The molecule has 2 aromatic carbocycles. The summed E-state index contributed by atoms with van der Waals surface area (Å²) in [5.41, 5.74) is 2.11. The summed E-state index contributed by atoms with van der Waals surface area (Å²) in [6.45, 7) is 3.65. The number of aryl methyl sites for hydroxylation is 1. The van der Waals surface area contributed by atoms with E-state index in [-0.39, 0.29) is 17.0 Å². The van der Waals surface area contributed by atoms with E-state index in [1.165, 1.54) is 38.1 Å². The highest BCUT2D eigenvalue weighted by Gasteiger charge is 2.17. The van der Waals surface area contributed by atoms with Gasteiger partial charge >= 0.3 is 0 Å². The number of anilines is 1. The van der Waals surface area contributed by atoms with Crippen LogP contribution in [0.1, 0.15) is 18.1 Å². The molecule has 1 amide bonds. The van der Waals surface area contributed by atoms with Crippen LogP contribution in [0.15, 0.2) is 30.3 Å². The molecule has 2 rings (SSSR count). The molecular weight excluding hydrogens is 377 g/mol. The van der Waals surface area contributed by atoms with Crippen LogP contribution in [0.5, 0.6) is 11.5 Å². The quantitative estimate of drug-likeness (QED) is 0.708. The number of methoxy groups -OCH3 is 2. The lowest BCUT2D eigenvalue weighted by Crippen LogP contribution is -2.23. The number of amides is 1. The Morgan fingerprint density at radius 3 is 2.58 bits per heavy atom. The van der Waals surface area contributed by atoms with Gasteiger partial charge in [0.25, 0.3) is 0 Å². The van der Waals surface area contributed by atoms with Crippen molar-refractivity contribution < 1.29 is 18.7 Å². The van der Waals surface area contributed by atoms with Crippen molar-refractivity contribution >= 4 is 35.0 Å². The van der Waals surface area contributed by atoms with Crippen LogP contribution in [0.3, 0.4) is 0 Å². The van der Waals surface area contributed by atoms with E-state index in [0.717, 1.165) is 5.56 Å². The van der Waals surface area contributed by atoms with Crippen LogP contribution in [0.4, 0.5) is 10.1 Å². The monoisotopic (exact) mass is 397 g/mol. The van der Waals surface area contributed by atoms with Gasteiger partial charge in [-0.05, 0) is 43.7 Å². The Morgan fingerprint density at radius 1 is 1.23 bits per heavy atom. The molecule has 0 aliphatic carbocycles. The second-order valence-corrected chi connectivity index (χ2v) is 7.44. The Kier molecular flexibility index (Phi) is 7.17. The van der Waals surface area contributed by atoms with Crippen molar-refractivity contribution in [2.45, 2.75) is 24.9 Å². The highest BCUT2D eigenvalue weighted by molar-refractivity contribution is 7.99.